The number of carbonyl (C=O) groups excluding carboxylic acids is 3. The van der Waals surface area contributed by atoms with Crippen LogP contribution in [0.15, 0.2) is 48.6 Å². The van der Waals surface area contributed by atoms with Gasteiger partial charge in [-0.2, -0.15) is 0 Å². The van der Waals surface area contributed by atoms with Crippen LogP contribution in [0.3, 0.4) is 0 Å². The van der Waals surface area contributed by atoms with E-state index >= 15 is 0 Å². The lowest BCUT2D eigenvalue weighted by atomic mass is 10.0. The molecule has 0 heterocycles. The van der Waals surface area contributed by atoms with Crippen molar-refractivity contribution < 1.29 is 28.6 Å². The van der Waals surface area contributed by atoms with E-state index in [9.17, 15) is 14.4 Å². The van der Waals surface area contributed by atoms with Crippen molar-refractivity contribution in [1.82, 2.24) is 0 Å². The van der Waals surface area contributed by atoms with Gasteiger partial charge in [-0.1, -0.05) is 339 Å². The maximum Gasteiger partial charge on any atom is 0.306 e. The Balaban J connectivity index is 4.11. The van der Waals surface area contributed by atoms with E-state index < -0.39 is 6.10 Å². The maximum absolute atomic E-state index is 12.9. The number of allylic oxidation sites excluding steroid dienone is 8. The standard InChI is InChI=1S/C75H138O6/c1-4-7-10-13-16-19-22-25-27-29-31-32-33-34-35-36-37-38-39-40-41-42-43-44-45-47-48-50-53-56-59-62-65-68-74(77)80-71-72(70-79-73(76)67-64-61-58-55-52-24-21-18-15-12-9-6-3)81-75(78)69-66-63-60-57-54-51-49-46-30-28-26-23-20-17-14-11-8-5-2/h20,22-23,25,28-31,72H,4-19,21,24,26-27,32-71H2,1-3H3/b23-20-,25-22-,30-28-,31-29-. The van der Waals surface area contributed by atoms with Gasteiger partial charge in [0.15, 0.2) is 6.10 Å². The van der Waals surface area contributed by atoms with E-state index in [1.165, 1.54) is 276 Å². The monoisotopic (exact) mass is 1140 g/mol. The number of carbonyl (C=O) groups is 3. The van der Waals surface area contributed by atoms with Gasteiger partial charge in [0.05, 0.1) is 0 Å². The highest BCUT2D eigenvalue weighted by atomic mass is 16.6. The fourth-order valence-corrected chi connectivity index (χ4v) is 10.9. The first-order valence-corrected chi connectivity index (χ1v) is 36.1. The van der Waals surface area contributed by atoms with Crippen molar-refractivity contribution in [2.75, 3.05) is 13.2 Å². The predicted octanol–water partition coefficient (Wildman–Crippen LogP) is 24.9. The van der Waals surface area contributed by atoms with Crippen LogP contribution < -0.4 is 0 Å². The average molecular weight is 1140 g/mol. The van der Waals surface area contributed by atoms with Crippen molar-refractivity contribution >= 4 is 17.9 Å². The van der Waals surface area contributed by atoms with Crippen LogP contribution in [0.5, 0.6) is 0 Å². The summed E-state index contributed by atoms with van der Waals surface area (Å²) in [5.41, 5.74) is 0. The molecule has 474 valence electrons. The van der Waals surface area contributed by atoms with Crippen LogP contribution in [0, 0.1) is 0 Å². The molecule has 0 N–H and O–H groups in total. The number of esters is 3. The average Bonchev–Trinajstić information content (AvgIpc) is 3.47. The number of hydrogen-bond donors (Lipinski definition) is 0. The molecule has 0 aromatic heterocycles. The Hall–Kier alpha value is -2.63. The zero-order chi connectivity index (χ0) is 58.5. The molecule has 0 aliphatic heterocycles. The summed E-state index contributed by atoms with van der Waals surface area (Å²) in [7, 11) is 0. The number of hydrogen-bond acceptors (Lipinski definition) is 6. The molecule has 0 aliphatic carbocycles. The second-order valence-electron chi connectivity index (χ2n) is 24.5. The van der Waals surface area contributed by atoms with Crippen molar-refractivity contribution in [2.24, 2.45) is 0 Å². The highest BCUT2D eigenvalue weighted by Crippen LogP contribution is 2.18. The molecule has 6 nitrogen and oxygen atoms in total. The van der Waals surface area contributed by atoms with Crippen LogP contribution in [-0.4, -0.2) is 37.2 Å². The van der Waals surface area contributed by atoms with Gasteiger partial charge in [-0.05, 0) is 83.5 Å². The fraction of sp³-hybridized carbons (Fsp3) is 0.853. The highest BCUT2D eigenvalue weighted by molar-refractivity contribution is 5.71. The van der Waals surface area contributed by atoms with Gasteiger partial charge >= 0.3 is 17.9 Å². The summed E-state index contributed by atoms with van der Waals surface area (Å²) < 4.78 is 17.0. The van der Waals surface area contributed by atoms with Gasteiger partial charge in [0.1, 0.15) is 13.2 Å². The Morgan fingerprint density at radius 3 is 0.691 bits per heavy atom. The summed E-state index contributed by atoms with van der Waals surface area (Å²) in [5, 5.41) is 0. The zero-order valence-electron chi connectivity index (χ0n) is 54.6. The van der Waals surface area contributed by atoms with E-state index in [0.29, 0.717) is 19.3 Å². The van der Waals surface area contributed by atoms with Crippen molar-refractivity contribution in [1.29, 1.82) is 0 Å². The Bertz CT molecular complexity index is 1400. The molecule has 0 aromatic rings. The second-order valence-corrected chi connectivity index (χ2v) is 24.5. The van der Waals surface area contributed by atoms with Crippen LogP contribution >= 0.6 is 0 Å². The topological polar surface area (TPSA) is 78.9 Å². The van der Waals surface area contributed by atoms with Gasteiger partial charge in [0.25, 0.3) is 0 Å². The summed E-state index contributed by atoms with van der Waals surface area (Å²) in [6, 6.07) is 0. The van der Waals surface area contributed by atoms with Crippen molar-refractivity contribution in [3.63, 3.8) is 0 Å². The lowest BCUT2D eigenvalue weighted by Gasteiger charge is -2.18. The lowest BCUT2D eigenvalue weighted by Crippen LogP contribution is -2.30. The predicted molar refractivity (Wildman–Crippen MR) is 353 cm³/mol. The molecular formula is C75H138O6. The molecule has 0 saturated heterocycles. The van der Waals surface area contributed by atoms with Crippen LogP contribution in [0.25, 0.3) is 0 Å². The largest absolute Gasteiger partial charge is 0.462 e. The lowest BCUT2D eigenvalue weighted by molar-refractivity contribution is -0.167. The molecule has 6 heteroatoms. The van der Waals surface area contributed by atoms with Gasteiger partial charge in [0.2, 0.25) is 0 Å². The maximum atomic E-state index is 12.9. The summed E-state index contributed by atoms with van der Waals surface area (Å²) in [4.78, 5) is 38.4. The number of unbranched alkanes of at least 4 members (excludes halogenated alkanes) is 48. The zero-order valence-corrected chi connectivity index (χ0v) is 54.6. The molecule has 1 unspecified atom stereocenters. The summed E-state index contributed by atoms with van der Waals surface area (Å²) in [5.74, 6) is -0.852. The first-order chi connectivity index (χ1) is 40.0. The first-order valence-electron chi connectivity index (χ1n) is 36.1. The van der Waals surface area contributed by atoms with Gasteiger partial charge in [-0.15, -0.1) is 0 Å². The van der Waals surface area contributed by atoms with E-state index in [1.807, 2.05) is 0 Å². The van der Waals surface area contributed by atoms with Gasteiger partial charge in [0, 0.05) is 19.3 Å². The minimum absolute atomic E-state index is 0.0707. The Morgan fingerprint density at radius 2 is 0.444 bits per heavy atom. The minimum Gasteiger partial charge on any atom is -0.462 e. The third-order valence-electron chi connectivity index (χ3n) is 16.3. The molecule has 0 radical (unpaired) electrons. The highest BCUT2D eigenvalue weighted by Gasteiger charge is 2.19. The minimum atomic E-state index is -0.774. The molecule has 0 amide bonds. The molecule has 0 bridgehead atoms. The van der Waals surface area contributed by atoms with Crippen LogP contribution in [0.4, 0.5) is 0 Å². The summed E-state index contributed by atoms with van der Waals surface area (Å²) >= 11 is 0. The molecule has 0 saturated carbocycles. The Morgan fingerprint density at radius 1 is 0.247 bits per heavy atom. The fourth-order valence-electron chi connectivity index (χ4n) is 10.9. The Kier molecular flexibility index (Phi) is 67.6. The van der Waals surface area contributed by atoms with E-state index in [4.69, 9.17) is 14.2 Å². The third-order valence-corrected chi connectivity index (χ3v) is 16.3. The van der Waals surface area contributed by atoms with Crippen LogP contribution in [0.1, 0.15) is 393 Å². The second kappa shape index (κ2) is 69.9. The summed E-state index contributed by atoms with van der Waals surface area (Å²) in [6.45, 7) is 6.66. The normalized spacial score (nSPS) is 12.3. The van der Waals surface area contributed by atoms with E-state index in [0.717, 1.165) is 77.0 Å². The van der Waals surface area contributed by atoms with Crippen molar-refractivity contribution in [3.8, 4) is 0 Å². The van der Waals surface area contributed by atoms with Crippen molar-refractivity contribution in [3.05, 3.63) is 48.6 Å². The van der Waals surface area contributed by atoms with Crippen molar-refractivity contribution in [2.45, 2.75) is 399 Å². The quantitative estimate of drug-likeness (QED) is 0.0261. The van der Waals surface area contributed by atoms with Crippen LogP contribution in [0.2, 0.25) is 0 Å². The molecule has 0 rings (SSSR count). The summed E-state index contributed by atoms with van der Waals surface area (Å²) in [6.07, 6.45) is 88.7. The smallest absolute Gasteiger partial charge is 0.306 e. The van der Waals surface area contributed by atoms with Gasteiger partial charge in [-0.25, -0.2) is 0 Å². The van der Waals surface area contributed by atoms with E-state index in [1.54, 1.807) is 0 Å². The molecule has 0 aromatic carbocycles. The molecule has 1 atom stereocenters. The number of ether oxygens (including phenoxy) is 3. The molecule has 81 heavy (non-hydrogen) atoms. The Labute approximate surface area is 505 Å². The van der Waals surface area contributed by atoms with E-state index in [2.05, 4.69) is 69.4 Å². The van der Waals surface area contributed by atoms with Gasteiger partial charge < -0.3 is 14.2 Å². The SMILES string of the molecule is CCCCCC/C=C\C/C=C\CCCCCCCCCC(=O)OC(COC(=O)CCCCCCCCCCCCCC)COC(=O)CCCCCCCCCCCCCCCCCCCCCCC/C=C\C/C=C\CCCCCCC. The number of rotatable bonds is 67. The molecule has 0 aliphatic rings. The molecular weight excluding hydrogens is 997 g/mol. The first kappa shape index (κ1) is 78.4. The van der Waals surface area contributed by atoms with E-state index in [-0.39, 0.29) is 31.1 Å². The molecule has 0 fully saturated rings. The van der Waals surface area contributed by atoms with Gasteiger partial charge in [-0.3, -0.25) is 14.4 Å². The molecule has 0 spiro atoms. The van der Waals surface area contributed by atoms with Crippen LogP contribution in [-0.2, 0) is 28.6 Å². The third kappa shape index (κ3) is 68.0.